The molecule has 9 heteroatoms. The van der Waals surface area contributed by atoms with Crippen molar-refractivity contribution in [2.45, 2.75) is 24.0 Å². The normalized spacial score (nSPS) is 14.7. The van der Waals surface area contributed by atoms with E-state index in [9.17, 15) is 9.59 Å². The van der Waals surface area contributed by atoms with Gasteiger partial charge in [0.15, 0.2) is 10.9 Å². The molecular formula is C11H9Cl2N3O2S2. The molecule has 0 bridgehead atoms. The lowest BCUT2D eigenvalue weighted by molar-refractivity contribution is 0.102. The van der Waals surface area contributed by atoms with Crippen LogP contribution in [0.3, 0.4) is 0 Å². The molecule has 0 radical (unpaired) electrons. The molecular weight excluding hydrogens is 341 g/mol. The molecule has 5 nitrogen and oxygen atoms in total. The number of Topliss-reactive ketones (excluding diaryl/α,β-unsaturated/α-hetero) is 1. The molecule has 2 aromatic rings. The van der Waals surface area contributed by atoms with Crippen LogP contribution in [-0.4, -0.2) is 26.3 Å². The SMILES string of the molecule is O=C(CSc1n[nH]c(=O)n1C1CC1)c1cc(Cl)sc1Cl. The fraction of sp³-hybridized carbons (Fsp3) is 0.364. The number of H-pyrrole nitrogens is 1. The smallest absolute Gasteiger partial charge is 0.293 e. The van der Waals surface area contributed by atoms with Gasteiger partial charge in [-0.1, -0.05) is 35.0 Å². The summed E-state index contributed by atoms with van der Waals surface area (Å²) < 4.78 is 2.49. The minimum Gasteiger partial charge on any atom is -0.293 e. The number of halogens is 2. The van der Waals surface area contributed by atoms with Crippen LogP contribution in [-0.2, 0) is 0 Å². The van der Waals surface area contributed by atoms with Gasteiger partial charge in [-0.3, -0.25) is 9.36 Å². The first-order chi connectivity index (χ1) is 9.56. The van der Waals surface area contributed by atoms with Gasteiger partial charge < -0.3 is 0 Å². The first kappa shape index (κ1) is 14.2. The quantitative estimate of drug-likeness (QED) is 0.664. The van der Waals surface area contributed by atoms with Gasteiger partial charge in [0.05, 0.1) is 10.1 Å². The molecule has 1 N–H and O–H groups in total. The van der Waals surface area contributed by atoms with E-state index in [0.717, 1.165) is 12.8 Å². The zero-order valence-corrected chi connectivity index (χ0v) is 13.2. The standard InChI is InChI=1S/C11H9Cl2N3O2S2/c12-8-3-6(9(13)20-8)7(17)4-19-11-15-14-10(18)16(11)5-1-2-5/h3,5H,1-2,4H2,(H,14,18). The Balaban J connectivity index is 1.72. The number of ketones is 1. The van der Waals surface area contributed by atoms with Gasteiger partial charge in [-0.2, -0.15) is 0 Å². The van der Waals surface area contributed by atoms with Gasteiger partial charge in [-0.25, -0.2) is 9.89 Å². The highest BCUT2D eigenvalue weighted by Gasteiger charge is 2.29. The molecule has 2 aromatic heterocycles. The molecule has 20 heavy (non-hydrogen) atoms. The van der Waals surface area contributed by atoms with Crippen LogP contribution in [0.1, 0.15) is 29.2 Å². The summed E-state index contributed by atoms with van der Waals surface area (Å²) in [4.78, 5) is 23.7. The molecule has 0 aromatic carbocycles. The number of hydrogen-bond acceptors (Lipinski definition) is 5. The number of carbonyl (C=O) groups excluding carboxylic acids is 1. The van der Waals surface area contributed by atoms with Crippen molar-refractivity contribution in [1.82, 2.24) is 14.8 Å². The van der Waals surface area contributed by atoms with Crippen LogP contribution in [0, 0.1) is 0 Å². The Morgan fingerprint density at radius 2 is 2.30 bits per heavy atom. The Labute approximate surface area is 132 Å². The number of thiophene rings is 1. The fourth-order valence-corrected chi connectivity index (χ4v) is 4.18. The van der Waals surface area contributed by atoms with Crippen molar-refractivity contribution in [2.24, 2.45) is 0 Å². The van der Waals surface area contributed by atoms with Crippen LogP contribution < -0.4 is 5.69 Å². The van der Waals surface area contributed by atoms with Crippen molar-refractivity contribution >= 4 is 52.1 Å². The van der Waals surface area contributed by atoms with Gasteiger partial charge >= 0.3 is 5.69 Å². The predicted octanol–water partition coefficient (Wildman–Crippen LogP) is 3.25. The van der Waals surface area contributed by atoms with Crippen LogP contribution in [0.15, 0.2) is 16.0 Å². The number of carbonyl (C=O) groups is 1. The highest BCUT2D eigenvalue weighted by molar-refractivity contribution is 7.99. The van der Waals surface area contributed by atoms with Gasteiger partial charge in [0.1, 0.15) is 4.34 Å². The van der Waals surface area contributed by atoms with E-state index in [0.29, 0.717) is 19.4 Å². The summed E-state index contributed by atoms with van der Waals surface area (Å²) in [6.07, 6.45) is 1.96. The topological polar surface area (TPSA) is 67.8 Å². The zero-order chi connectivity index (χ0) is 14.3. The third kappa shape index (κ3) is 2.81. The maximum absolute atomic E-state index is 12.1. The first-order valence-electron chi connectivity index (χ1n) is 5.84. The molecule has 1 aliphatic carbocycles. The lowest BCUT2D eigenvalue weighted by Gasteiger charge is -2.02. The Hall–Kier alpha value is -0.760. The van der Waals surface area contributed by atoms with Crippen LogP contribution in [0.5, 0.6) is 0 Å². The number of hydrogen-bond donors (Lipinski definition) is 1. The molecule has 3 rings (SSSR count). The Bertz CT molecular complexity index is 718. The van der Waals surface area contributed by atoms with Gasteiger partial charge in [0, 0.05) is 11.6 Å². The minimum absolute atomic E-state index is 0.124. The maximum atomic E-state index is 12.1. The van der Waals surface area contributed by atoms with E-state index < -0.39 is 0 Å². The Morgan fingerprint density at radius 3 is 2.90 bits per heavy atom. The number of aromatic amines is 1. The highest BCUT2D eigenvalue weighted by Crippen LogP contribution is 2.36. The van der Waals surface area contributed by atoms with E-state index in [-0.39, 0.29) is 23.3 Å². The number of nitrogens with zero attached hydrogens (tertiary/aromatic N) is 2. The summed E-state index contributed by atoms with van der Waals surface area (Å²) in [5.74, 6) is 0.0463. The summed E-state index contributed by atoms with van der Waals surface area (Å²) >= 11 is 14.2. The molecule has 0 unspecified atom stereocenters. The van der Waals surface area contributed by atoms with Gasteiger partial charge in [0.25, 0.3) is 0 Å². The van der Waals surface area contributed by atoms with E-state index >= 15 is 0 Å². The van der Waals surface area contributed by atoms with E-state index in [1.807, 2.05) is 0 Å². The van der Waals surface area contributed by atoms with E-state index in [4.69, 9.17) is 23.2 Å². The number of aromatic nitrogens is 3. The first-order valence-corrected chi connectivity index (χ1v) is 8.40. The van der Waals surface area contributed by atoms with E-state index in [1.54, 1.807) is 10.6 Å². The summed E-state index contributed by atoms with van der Waals surface area (Å²) in [6, 6.07) is 1.79. The van der Waals surface area contributed by atoms with Crippen molar-refractivity contribution in [3.63, 3.8) is 0 Å². The molecule has 0 spiro atoms. The highest BCUT2D eigenvalue weighted by atomic mass is 35.5. The molecule has 0 saturated heterocycles. The van der Waals surface area contributed by atoms with Crippen LogP contribution in [0.25, 0.3) is 0 Å². The predicted molar refractivity (Wildman–Crippen MR) is 80.5 cm³/mol. The van der Waals surface area contributed by atoms with E-state index in [2.05, 4.69) is 10.2 Å². The lowest BCUT2D eigenvalue weighted by Crippen LogP contribution is -2.16. The van der Waals surface area contributed by atoms with Crippen molar-refractivity contribution < 1.29 is 4.79 Å². The summed E-state index contributed by atoms with van der Waals surface area (Å²) in [5.41, 5.74) is 0.198. The Morgan fingerprint density at radius 1 is 1.55 bits per heavy atom. The van der Waals surface area contributed by atoms with Crippen LogP contribution in [0.4, 0.5) is 0 Å². The average molecular weight is 350 g/mol. The monoisotopic (exact) mass is 349 g/mol. The fourth-order valence-electron chi connectivity index (χ4n) is 1.79. The van der Waals surface area contributed by atoms with Crippen LogP contribution >= 0.6 is 46.3 Å². The van der Waals surface area contributed by atoms with Crippen molar-refractivity contribution in [2.75, 3.05) is 5.75 Å². The molecule has 1 fully saturated rings. The molecule has 0 amide bonds. The van der Waals surface area contributed by atoms with Crippen molar-refractivity contribution in [1.29, 1.82) is 0 Å². The number of nitrogens with one attached hydrogen (secondary N) is 1. The molecule has 0 aliphatic heterocycles. The second kappa shape index (κ2) is 5.55. The molecule has 1 aliphatic rings. The van der Waals surface area contributed by atoms with Crippen LogP contribution in [0.2, 0.25) is 8.67 Å². The average Bonchev–Trinajstić information content (AvgIpc) is 3.08. The molecule has 2 heterocycles. The number of thioether (sulfide) groups is 1. The minimum atomic E-state index is -0.223. The van der Waals surface area contributed by atoms with Gasteiger partial charge in [0.2, 0.25) is 0 Å². The third-order valence-corrected chi connectivity index (χ3v) is 5.31. The number of rotatable bonds is 5. The lowest BCUT2D eigenvalue weighted by atomic mass is 10.2. The Kier molecular flexibility index (Phi) is 3.94. The van der Waals surface area contributed by atoms with E-state index in [1.165, 1.54) is 23.1 Å². The van der Waals surface area contributed by atoms with Crippen molar-refractivity contribution in [3.05, 3.63) is 30.8 Å². The van der Waals surface area contributed by atoms with Gasteiger partial charge in [-0.15, -0.1) is 16.4 Å². The molecule has 0 atom stereocenters. The zero-order valence-electron chi connectivity index (χ0n) is 10.1. The third-order valence-electron chi connectivity index (χ3n) is 2.87. The maximum Gasteiger partial charge on any atom is 0.344 e. The summed E-state index contributed by atoms with van der Waals surface area (Å²) in [7, 11) is 0. The van der Waals surface area contributed by atoms with Gasteiger partial charge in [-0.05, 0) is 18.9 Å². The largest absolute Gasteiger partial charge is 0.344 e. The second-order valence-corrected chi connectivity index (χ2v) is 7.59. The second-order valence-electron chi connectivity index (χ2n) is 4.36. The van der Waals surface area contributed by atoms with Crippen molar-refractivity contribution in [3.8, 4) is 0 Å². The summed E-state index contributed by atoms with van der Waals surface area (Å²) in [6.45, 7) is 0. The molecule has 1 saturated carbocycles. The molecule has 106 valence electrons. The summed E-state index contributed by atoms with van der Waals surface area (Å²) in [5, 5.41) is 6.91.